The van der Waals surface area contributed by atoms with E-state index in [0.717, 1.165) is 0 Å². The number of carbonyl (C=O) groups excluding carboxylic acids is 2. The van der Waals surface area contributed by atoms with Gasteiger partial charge in [-0.25, -0.2) is 4.39 Å². The lowest BCUT2D eigenvalue weighted by Crippen LogP contribution is -2.15. The van der Waals surface area contributed by atoms with Crippen molar-refractivity contribution in [1.29, 1.82) is 0 Å². The van der Waals surface area contributed by atoms with Gasteiger partial charge in [0.15, 0.2) is 5.78 Å². The van der Waals surface area contributed by atoms with Gasteiger partial charge < -0.3 is 9.84 Å². The topological polar surface area (TPSA) is 72.2 Å². The van der Waals surface area contributed by atoms with Crippen molar-refractivity contribution in [2.45, 2.75) is 13.8 Å². The number of halogens is 2. The van der Waals surface area contributed by atoms with Gasteiger partial charge in [0.2, 0.25) is 0 Å². The molecule has 0 fully saturated rings. The van der Waals surface area contributed by atoms with E-state index in [-0.39, 0.29) is 33.4 Å². The molecule has 132 valence electrons. The van der Waals surface area contributed by atoms with E-state index < -0.39 is 11.7 Å². The van der Waals surface area contributed by atoms with Gasteiger partial charge >= 0.3 is 0 Å². The maximum absolute atomic E-state index is 14.2. The maximum atomic E-state index is 14.2. The predicted molar refractivity (Wildman–Crippen MR) is 96.0 cm³/mol. The van der Waals surface area contributed by atoms with Gasteiger partial charge in [-0.05, 0) is 38.1 Å². The first kappa shape index (κ1) is 17.8. The van der Waals surface area contributed by atoms with Crippen molar-refractivity contribution in [2.24, 2.45) is 0 Å². The largest absolute Gasteiger partial charge is 0.360 e. The minimum atomic E-state index is -0.621. The molecule has 1 heterocycles. The smallest absolute Gasteiger partial charge is 0.261 e. The predicted octanol–water partition coefficient (Wildman–Crippen LogP) is 4.90. The summed E-state index contributed by atoms with van der Waals surface area (Å²) in [7, 11) is 0. The summed E-state index contributed by atoms with van der Waals surface area (Å²) in [5, 5.41) is 6.57. The van der Waals surface area contributed by atoms with Crippen LogP contribution in [-0.2, 0) is 0 Å². The molecule has 0 aliphatic rings. The Hall–Kier alpha value is -2.99. The molecular formula is C19H14ClFN2O3. The lowest BCUT2D eigenvalue weighted by Gasteiger charge is -2.10. The first-order valence-electron chi connectivity index (χ1n) is 7.72. The second-order valence-corrected chi connectivity index (χ2v) is 6.02. The first-order chi connectivity index (χ1) is 12.4. The Morgan fingerprint density at radius 2 is 1.88 bits per heavy atom. The Balaban J connectivity index is 2.05. The number of amides is 1. The molecule has 1 amide bonds. The van der Waals surface area contributed by atoms with Crippen LogP contribution >= 0.6 is 11.6 Å². The third-order valence-electron chi connectivity index (χ3n) is 3.84. The minimum absolute atomic E-state index is 0.00315. The average Bonchev–Trinajstić information content (AvgIpc) is 2.96. The van der Waals surface area contributed by atoms with Crippen LogP contribution in [0.2, 0.25) is 5.02 Å². The van der Waals surface area contributed by atoms with E-state index in [0.29, 0.717) is 11.3 Å². The van der Waals surface area contributed by atoms with Gasteiger partial charge in [-0.3, -0.25) is 9.59 Å². The summed E-state index contributed by atoms with van der Waals surface area (Å²) < 4.78 is 19.3. The molecule has 7 heteroatoms. The molecule has 0 spiro atoms. The van der Waals surface area contributed by atoms with Crippen molar-refractivity contribution in [1.82, 2.24) is 5.16 Å². The SMILES string of the molecule is CC(=O)c1ccccc1NC(=O)c1c(-c2c(F)cccc2Cl)noc1C. The Morgan fingerprint density at radius 1 is 1.15 bits per heavy atom. The zero-order valence-corrected chi connectivity index (χ0v) is 14.7. The summed E-state index contributed by atoms with van der Waals surface area (Å²) in [6, 6.07) is 10.8. The van der Waals surface area contributed by atoms with Gasteiger partial charge in [0, 0.05) is 5.56 Å². The molecule has 3 rings (SSSR count). The molecule has 1 N–H and O–H groups in total. The van der Waals surface area contributed by atoms with Crippen molar-refractivity contribution >= 4 is 29.0 Å². The molecule has 0 unspecified atom stereocenters. The van der Waals surface area contributed by atoms with E-state index in [1.165, 1.54) is 32.0 Å². The van der Waals surface area contributed by atoms with E-state index in [1.807, 2.05) is 0 Å². The highest BCUT2D eigenvalue weighted by Crippen LogP contribution is 2.34. The lowest BCUT2D eigenvalue weighted by molar-refractivity contribution is 0.101. The molecule has 5 nitrogen and oxygen atoms in total. The summed E-state index contributed by atoms with van der Waals surface area (Å²) in [5.74, 6) is -1.19. The average molecular weight is 373 g/mol. The van der Waals surface area contributed by atoms with Gasteiger partial charge in [0.1, 0.15) is 22.8 Å². The van der Waals surface area contributed by atoms with Gasteiger partial charge in [0.05, 0.1) is 16.3 Å². The van der Waals surface area contributed by atoms with Crippen LogP contribution in [0.15, 0.2) is 47.0 Å². The van der Waals surface area contributed by atoms with Crippen LogP contribution in [0.3, 0.4) is 0 Å². The Labute approximate surface area is 153 Å². The van der Waals surface area contributed by atoms with Crippen molar-refractivity contribution in [2.75, 3.05) is 5.32 Å². The molecule has 1 aromatic heterocycles. The molecule has 3 aromatic rings. The molecular weight excluding hydrogens is 359 g/mol. The number of para-hydroxylation sites is 1. The Bertz CT molecular complexity index is 994. The number of carbonyl (C=O) groups is 2. The molecule has 2 aromatic carbocycles. The van der Waals surface area contributed by atoms with Gasteiger partial charge in [-0.1, -0.05) is 35.0 Å². The van der Waals surface area contributed by atoms with Gasteiger partial charge in [-0.15, -0.1) is 0 Å². The second kappa shape index (κ2) is 7.09. The van der Waals surface area contributed by atoms with E-state index >= 15 is 0 Å². The molecule has 0 bridgehead atoms. The number of nitrogens with zero attached hydrogens (tertiary/aromatic N) is 1. The third kappa shape index (κ3) is 3.23. The number of benzene rings is 2. The first-order valence-corrected chi connectivity index (χ1v) is 8.10. The molecule has 0 radical (unpaired) electrons. The van der Waals surface area contributed by atoms with Crippen molar-refractivity contribution < 1.29 is 18.5 Å². The second-order valence-electron chi connectivity index (χ2n) is 5.61. The summed E-state index contributed by atoms with van der Waals surface area (Å²) in [6.07, 6.45) is 0. The van der Waals surface area contributed by atoms with Crippen LogP contribution in [0.1, 0.15) is 33.4 Å². The monoisotopic (exact) mass is 372 g/mol. The Kier molecular flexibility index (Phi) is 4.86. The summed E-state index contributed by atoms with van der Waals surface area (Å²) in [4.78, 5) is 24.5. The van der Waals surface area contributed by atoms with Crippen molar-refractivity contribution in [3.63, 3.8) is 0 Å². The standard InChI is InChI=1S/C19H14ClFN2O3/c1-10(24)12-6-3-4-9-15(12)22-19(25)16-11(2)26-23-18(16)17-13(20)7-5-8-14(17)21/h3-9H,1-2H3,(H,22,25). The molecule has 0 saturated carbocycles. The van der Waals surface area contributed by atoms with Crippen LogP contribution in [0.25, 0.3) is 11.3 Å². The molecule has 0 saturated heterocycles. The number of aromatic nitrogens is 1. The normalized spacial score (nSPS) is 10.6. The molecule has 0 aliphatic carbocycles. The maximum Gasteiger partial charge on any atom is 0.261 e. The number of Topliss-reactive ketones (excluding diaryl/α,β-unsaturated/α-hetero) is 1. The fourth-order valence-electron chi connectivity index (χ4n) is 2.62. The van der Waals surface area contributed by atoms with Crippen molar-refractivity contribution in [3.8, 4) is 11.3 Å². The summed E-state index contributed by atoms with van der Waals surface area (Å²) in [5.41, 5.74) is 0.742. The van der Waals surface area contributed by atoms with Crippen LogP contribution in [-0.4, -0.2) is 16.8 Å². The van der Waals surface area contributed by atoms with Gasteiger partial charge in [0.25, 0.3) is 5.91 Å². The highest BCUT2D eigenvalue weighted by Gasteiger charge is 2.26. The summed E-state index contributed by atoms with van der Waals surface area (Å²) in [6.45, 7) is 2.94. The van der Waals surface area contributed by atoms with Gasteiger partial charge in [-0.2, -0.15) is 0 Å². The number of anilines is 1. The number of rotatable bonds is 4. The zero-order chi connectivity index (χ0) is 18.8. The number of hydrogen-bond acceptors (Lipinski definition) is 4. The highest BCUT2D eigenvalue weighted by atomic mass is 35.5. The van der Waals surface area contributed by atoms with Crippen LogP contribution in [0.4, 0.5) is 10.1 Å². The molecule has 0 aliphatic heterocycles. The zero-order valence-electron chi connectivity index (χ0n) is 14.0. The van der Waals surface area contributed by atoms with E-state index in [2.05, 4.69) is 10.5 Å². The fourth-order valence-corrected chi connectivity index (χ4v) is 2.87. The Morgan fingerprint density at radius 3 is 2.58 bits per heavy atom. The highest BCUT2D eigenvalue weighted by molar-refractivity contribution is 6.33. The minimum Gasteiger partial charge on any atom is -0.360 e. The van der Waals surface area contributed by atoms with E-state index in [4.69, 9.17) is 16.1 Å². The number of aryl methyl sites for hydroxylation is 1. The van der Waals surface area contributed by atoms with E-state index in [9.17, 15) is 14.0 Å². The van der Waals surface area contributed by atoms with Crippen LogP contribution < -0.4 is 5.32 Å². The summed E-state index contributed by atoms with van der Waals surface area (Å²) >= 11 is 6.08. The number of ketones is 1. The fraction of sp³-hybridized carbons (Fsp3) is 0.105. The van der Waals surface area contributed by atoms with Crippen LogP contribution in [0.5, 0.6) is 0 Å². The van der Waals surface area contributed by atoms with Crippen molar-refractivity contribution in [3.05, 3.63) is 70.2 Å². The quantitative estimate of drug-likeness (QED) is 0.661. The molecule has 26 heavy (non-hydrogen) atoms. The lowest BCUT2D eigenvalue weighted by atomic mass is 10.0. The number of nitrogens with one attached hydrogen (secondary N) is 1. The molecule has 0 atom stereocenters. The number of hydrogen-bond donors (Lipinski definition) is 1. The van der Waals surface area contributed by atoms with E-state index in [1.54, 1.807) is 24.3 Å². The third-order valence-corrected chi connectivity index (χ3v) is 4.16. The van der Waals surface area contributed by atoms with Crippen LogP contribution in [0, 0.1) is 12.7 Å².